The first-order valence-electron chi connectivity index (χ1n) is 7.10. The van der Waals surface area contributed by atoms with Crippen molar-refractivity contribution in [3.8, 4) is 0 Å². The molecular weight excluding hydrogens is 246 g/mol. The van der Waals surface area contributed by atoms with Crippen molar-refractivity contribution in [2.24, 2.45) is 0 Å². The predicted octanol–water partition coefficient (Wildman–Crippen LogP) is 4.00. The first-order valence-corrected chi connectivity index (χ1v) is 7.48. The molecule has 0 aliphatic heterocycles. The molecule has 3 nitrogen and oxygen atoms in total. The maximum atomic E-state index is 5.98. The number of fused-ring (bicyclic) bond motifs is 1. The number of hydrogen-bond donors (Lipinski definition) is 1. The van der Waals surface area contributed by atoms with Gasteiger partial charge in [-0.2, -0.15) is 0 Å². The van der Waals surface area contributed by atoms with E-state index < -0.39 is 0 Å². The van der Waals surface area contributed by atoms with E-state index in [0.717, 1.165) is 30.9 Å². The molecule has 0 unspecified atom stereocenters. The van der Waals surface area contributed by atoms with Gasteiger partial charge in [0.1, 0.15) is 5.82 Å². The zero-order valence-corrected chi connectivity index (χ0v) is 11.9. The summed E-state index contributed by atoms with van der Waals surface area (Å²) >= 11 is 5.98. The SMILES string of the molecule is CCCCCCNc1nc(Cl)nc2c1CCCC2. The molecule has 0 radical (unpaired) electrons. The van der Waals surface area contributed by atoms with Crippen LogP contribution in [0.1, 0.15) is 56.7 Å². The molecule has 0 amide bonds. The third kappa shape index (κ3) is 3.58. The van der Waals surface area contributed by atoms with E-state index in [1.807, 2.05) is 0 Å². The van der Waals surface area contributed by atoms with Gasteiger partial charge in [0.25, 0.3) is 0 Å². The summed E-state index contributed by atoms with van der Waals surface area (Å²) in [5.74, 6) is 0.973. The third-order valence-electron chi connectivity index (χ3n) is 3.48. The summed E-state index contributed by atoms with van der Waals surface area (Å²) in [4.78, 5) is 8.69. The number of rotatable bonds is 6. The molecule has 0 bridgehead atoms. The molecule has 0 fully saturated rings. The Labute approximate surface area is 114 Å². The first kappa shape index (κ1) is 13.6. The quantitative estimate of drug-likeness (QED) is 0.625. The maximum Gasteiger partial charge on any atom is 0.224 e. The Bertz CT molecular complexity index is 393. The zero-order chi connectivity index (χ0) is 12.8. The summed E-state index contributed by atoms with van der Waals surface area (Å²) in [5, 5.41) is 3.82. The Morgan fingerprint density at radius 2 is 1.94 bits per heavy atom. The van der Waals surface area contributed by atoms with Crippen molar-refractivity contribution < 1.29 is 0 Å². The highest BCUT2D eigenvalue weighted by Crippen LogP contribution is 2.26. The lowest BCUT2D eigenvalue weighted by Gasteiger charge is -2.18. The Hall–Kier alpha value is -0.830. The van der Waals surface area contributed by atoms with E-state index in [9.17, 15) is 0 Å². The van der Waals surface area contributed by atoms with Crippen LogP contribution in [0.15, 0.2) is 0 Å². The molecule has 0 spiro atoms. The van der Waals surface area contributed by atoms with Gasteiger partial charge in [0, 0.05) is 12.1 Å². The van der Waals surface area contributed by atoms with Gasteiger partial charge in [0.15, 0.2) is 0 Å². The summed E-state index contributed by atoms with van der Waals surface area (Å²) in [7, 11) is 0. The molecule has 100 valence electrons. The molecule has 1 N–H and O–H groups in total. The molecule has 0 saturated heterocycles. The number of halogens is 1. The largest absolute Gasteiger partial charge is 0.370 e. The average molecular weight is 268 g/mol. The van der Waals surface area contributed by atoms with E-state index in [1.54, 1.807) is 0 Å². The number of anilines is 1. The van der Waals surface area contributed by atoms with E-state index >= 15 is 0 Å². The molecule has 2 rings (SSSR count). The van der Waals surface area contributed by atoms with Crippen LogP contribution >= 0.6 is 11.6 Å². The molecule has 1 heterocycles. The third-order valence-corrected chi connectivity index (χ3v) is 3.65. The number of nitrogens with one attached hydrogen (secondary N) is 1. The van der Waals surface area contributed by atoms with Gasteiger partial charge >= 0.3 is 0 Å². The van der Waals surface area contributed by atoms with Crippen LogP contribution < -0.4 is 5.32 Å². The molecule has 18 heavy (non-hydrogen) atoms. The lowest BCUT2D eigenvalue weighted by molar-refractivity contribution is 0.659. The summed E-state index contributed by atoms with van der Waals surface area (Å²) in [6.45, 7) is 3.22. The average Bonchev–Trinajstić information content (AvgIpc) is 2.38. The Morgan fingerprint density at radius 1 is 1.11 bits per heavy atom. The number of aromatic nitrogens is 2. The monoisotopic (exact) mass is 267 g/mol. The molecule has 1 aliphatic rings. The minimum Gasteiger partial charge on any atom is -0.370 e. The standard InChI is InChI=1S/C14H22ClN3/c1-2-3-4-7-10-16-13-11-8-5-6-9-12(11)17-14(15)18-13/h2-10H2,1H3,(H,16,17,18). The van der Waals surface area contributed by atoms with E-state index in [0.29, 0.717) is 5.28 Å². The van der Waals surface area contributed by atoms with E-state index in [1.165, 1.54) is 44.1 Å². The van der Waals surface area contributed by atoms with Gasteiger partial charge in [-0.1, -0.05) is 26.2 Å². The minimum atomic E-state index is 0.381. The van der Waals surface area contributed by atoms with E-state index in [4.69, 9.17) is 11.6 Å². The topological polar surface area (TPSA) is 37.8 Å². The summed E-state index contributed by atoms with van der Waals surface area (Å²) in [5.41, 5.74) is 2.44. The van der Waals surface area contributed by atoms with Crippen LogP contribution in [0.25, 0.3) is 0 Å². The highest BCUT2D eigenvalue weighted by molar-refractivity contribution is 6.28. The van der Waals surface area contributed by atoms with Crippen LogP contribution in [-0.2, 0) is 12.8 Å². The predicted molar refractivity (Wildman–Crippen MR) is 76.3 cm³/mol. The smallest absolute Gasteiger partial charge is 0.224 e. The van der Waals surface area contributed by atoms with Crippen LogP contribution in [0.5, 0.6) is 0 Å². The molecule has 1 aromatic heterocycles. The van der Waals surface area contributed by atoms with Crippen molar-refractivity contribution in [1.29, 1.82) is 0 Å². The molecule has 0 atom stereocenters. The van der Waals surface area contributed by atoms with Crippen LogP contribution in [0, 0.1) is 0 Å². The minimum absolute atomic E-state index is 0.381. The van der Waals surface area contributed by atoms with Crippen molar-refractivity contribution in [2.75, 3.05) is 11.9 Å². The van der Waals surface area contributed by atoms with Gasteiger partial charge in [-0.3, -0.25) is 0 Å². The first-order chi connectivity index (χ1) is 8.81. The lowest BCUT2D eigenvalue weighted by Crippen LogP contribution is -2.13. The van der Waals surface area contributed by atoms with Crippen molar-refractivity contribution in [3.05, 3.63) is 16.5 Å². The zero-order valence-electron chi connectivity index (χ0n) is 11.1. The molecule has 1 aliphatic carbocycles. The van der Waals surface area contributed by atoms with Crippen molar-refractivity contribution in [3.63, 3.8) is 0 Å². The maximum absolute atomic E-state index is 5.98. The van der Waals surface area contributed by atoms with Gasteiger partial charge in [-0.05, 0) is 43.7 Å². The van der Waals surface area contributed by atoms with Crippen LogP contribution in [0.4, 0.5) is 5.82 Å². The normalized spacial score (nSPS) is 14.3. The second-order valence-corrected chi connectivity index (χ2v) is 5.30. The lowest BCUT2D eigenvalue weighted by atomic mass is 9.96. The van der Waals surface area contributed by atoms with E-state index in [-0.39, 0.29) is 0 Å². The Kier molecular flexibility index (Phi) is 5.24. The molecule has 0 aromatic carbocycles. The fraction of sp³-hybridized carbons (Fsp3) is 0.714. The molecule has 4 heteroatoms. The summed E-state index contributed by atoms with van der Waals surface area (Å²) < 4.78 is 0. The fourth-order valence-corrected chi connectivity index (χ4v) is 2.66. The summed E-state index contributed by atoms with van der Waals surface area (Å²) in [6.07, 6.45) is 9.65. The molecular formula is C14H22ClN3. The van der Waals surface area contributed by atoms with Gasteiger partial charge < -0.3 is 5.32 Å². The summed E-state index contributed by atoms with van der Waals surface area (Å²) in [6, 6.07) is 0. The molecule has 1 aromatic rings. The van der Waals surface area contributed by atoms with Gasteiger partial charge in [-0.15, -0.1) is 0 Å². The van der Waals surface area contributed by atoms with Crippen molar-refractivity contribution in [2.45, 2.75) is 58.3 Å². The number of aryl methyl sites for hydroxylation is 1. The van der Waals surface area contributed by atoms with Gasteiger partial charge in [0.2, 0.25) is 5.28 Å². The van der Waals surface area contributed by atoms with Crippen molar-refractivity contribution in [1.82, 2.24) is 9.97 Å². The number of unbranched alkanes of at least 4 members (excludes halogenated alkanes) is 3. The highest BCUT2D eigenvalue weighted by Gasteiger charge is 2.16. The number of nitrogens with zero attached hydrogens (tertiary/aromatic N) is 2. The van der Waals surface area contributed by atoms with Crippen LogP contribution in [0.3, 0.4) is 0 Å². The van der Waals surface area contributed by atoms with Crippen LogP contribution in [-0.4, -0.2) is 16.5 Å². The fourth-order valence-electron chi connectivity index (χ4n) is 2.47. The van der Waals surface area contributed by atoms with Gasteiger partial charge in [-0.25, -0.2) is 9.97 Å². The number of hydrogen-bond acceptors (Lipinski definition) is 3. The Morgan fingerprint density at radius 3 is 2.78 bits per heavy atom. The second kappa shape index (κ2) is 6.93. The van der Waals surface area contributed by atoms with Gasteiger partial charge in [0.05, 0.1) is 5.69 Å². The van der Waals surface area contributed by atoms with Crippen LogP contribution in [0.2, 0.25) is 5.28 Å². The second-order valence-electron chi connectivity index (χ2n) is 4.96. The Balaban J connectivity index is 1.96. The highest BCUT2D eigenvalue weighted by atomic mass is 35.5. The van der Waals surface area contributed by atoms with Crippen molar-refractivity contribution >= 4 is 17.4 Å². The van der Waals surface area contributed by atoms with E-state index in [2.05, 4.69) is 22.2 Å². The molecule has 0 saturated carbocycles.